The first-order chi connectivity index (χ1) is 15.9. The summed E-state index contributed by atoms with van der Waals surface area (Å²) in [5.41, 5.74) is 1.73. The van der Waals surface area contributed by atoms with Gasteiger partial charge in [0.25, 0.3) is 0 Å². The molecule has 2 heterocycles. The van der Waals surface area contributed by atoms with Crippen LogP contribution in [0.25, 0.3) is 0 Å². The second kappa shape index (κ2) is 10.4. The minimum absolute atomic E-state index is 0.0204. The average molecular weight is 475 g/mol. The van der Waals surface area contributed by atoms with Crippen LogP contribution in [0.4, 0.5) is 11.4 Å². The van der Waals surface area contributed by atoms with Gasteiger partial charge in [0.2, 0.25) is 15.9 Å². The van der Waals surface area contributed by atoms with Crippen molar-refractivity contribution in [3.05, 3.63) is 42.5 Å². The van der Waals surface area contributed by atoms with Gasteiger partial charge in [-0.25, -0.2) is 13.1 Å². The fourth-order valence-electron chi connectivity index (χ4n) is 3.84. The first-order valence-corrected chi connectivity index (χ1v) is 12.7. The Hall–Kier alpha value is -2.82. The van der Waals surface area contributed by atoms with Crippen molar-refractivity contribution in [2.75, 3.05) is 62.7 Å². The molecule has 0 unspecified atom stereocenters. The third-order valence-corrected chi connectivity index (χ3v) is 7.19. The number of ether oxygens (including phenoxy) is 2. The van der Waals surface area contributed by atoms with E-state index in [0.29, 0.717) is 30.4 Å². The number of nitrogens with one attached hydrogen (secondary N) is 2. The molecule has 2 aromatic rings. The van der Waals surface area contributed by atoms with Crippen molar-refractivity contribution < 1.29 is 22.7 Å². The second-order valence-electron chi connectivity index (χ2n) is 8.00. The zero-order valence-corrected chi connectivity index (χ0v) is 19.6. The van der Waals surface area contributed by atoms with E-state index in [1.54, 1.807) is 6.07 Å². The van der Waals surface area contributed by atoms with Crippen LogP contribution in [0.3, 0.4) is 0 Å². The number of rotatable bonds is 7. The molecular formula is C23H30N4O5S. The number of carbonyl (C=O) groups excluding carboxylic acids is 1. The number of fused-ring (bicyclic) bond motifs is 1. The van der Waals surface area contributed by atoms with Crippen LogP contribution >= 0.6 is 0 Å². The average Bonchev–Trinajstić information content (AvgIpc) is 3.08. The molecule has 0 aliphatic carbocycles. The number of anilines is 2. The number of benzene rings is 2. The molecule has 0 radical (unpaired) electrons. The van der Waals surface area contributed by atoms with E-state index < -0.39 is 15.9 Å². The lowest BCUT2D eigenvalue weighted by Crippen LogP contribution is -2.46. The van der Waals surface area contributed by atoms with Gasteiger partial charge in [-0.1, -0.05) is 6.92 Å². The Labute approximate surface area is 194 Å². The highest BCUT2D eigenvalue weighted by atomic mass is 32.2. The SMILES string of the molecule is CCN1CCN(c2ccc(NC(=O)CNS(=O)(=O)c3ccc4c(c3)OCCCO4)cc2)CC1. The van der Waals surface area contributed by atoms with E-state index >= 15 is 0 Å². The summed E-state index contributed by atoms with van der Waals surface area (Å²) in [4.78, 5) is 17.1. The van der Waals surface area contributed by atoms with Crippen LogP contribution in [0.5, 0.6) is 11.5 Å². The Balaban J connectivity index is 1.30. The number of carbonyl (C=O) groups is 1. The quantitative estimate of drug-likeness (QED) is 0.632. The van der Waals surface area contributed by atoms with E-state index in [9.17, 15) is 13.2 Å². The molecule has 0 aromatic heterocycles. The molecule has 1 fully saturated rings. The smallest absolute Gasteiger partial charge is 0.241 e. The molecular weight excluding hydrogens is 444 g/mol. The van der Waals surface area contributed by atoms with E-state index in [-0.39, 0.29) is 11.4 Å². The molecule has 10 heteroatoms. The van der Waals surface area contributed by atoms with Crippen molar-refractivity contribution in [2.24, 2.45) is 0 Å². The zero-order chi connectivity index (χ0) is 23.3. The summed E-state index contributed by atoms with van der Waals surface area (Å²) in [7, 11) is -3.88. The predicted octanol–water partition coefficient (Wildman–Crippen LogP) is 1.91. The number of nitrogens with zero attached hydrogens (tertiary/aromatic N) is 2. The van der Waals surface area contributed by atoms with Crippen molar-refractivity contribution in [3.8, 4) is 11.5 Å². The maximum absolute atomic E-state index is 12.6. The summed E-state index contributed by atoms with van der Waals surface area (Å²) in [6.07, 6.45) is 0.728. The monoisotopic (exact) mass is 474 g/mol. The van der Waals surface area contributed by atoms with Crippen LogP contribution in [0, 0.1) is 0 Å². The van der Waals surface area contributed by atoms with Gasteiger partial charge in [0.15, 0.2) is 11.5 Å². The molecule has 2 N–H and O–H groups in total. The van der Waals surface area contributed by atoms with E-state index in [2.05, 4.69) is 26.8 Å². The van der Waals surface area contributed by atoms with Crippen molar-refractivity contribution in [3.63, 3.8) is 0 Å². The summed E-state index contributed by atoms with van der Waals surface area (Å²) in [5.74, 6) is 0.452. The summed E-state index contributed by atoms with van der Waals surface area (Å²) in [6.45, 7) is 7.87. The van der Waals surface area contributed by atoms with E-state index in [1.807, 2.05) is 24.3 Å². The molecule has 2 aliphatic heterocycles. The molecule has 2 aliphatic rings. The number of hydrogen-bond donors (Lipinski definition) is 2. The first-order valence-electron chi connectivity index (χ1n) is 11.2. The Bertz CT molecular complexity index is 1070. The normalized spacial score (nSPS) is 16.8. The van der Waals surface area contributed by atoms with E-state index in [0.717, 1.165) is 44.8 Å². The first kappa shape index (κ1) is 23.3. The molecule has 33 heavy (non-hydrogen) atoms. The number of piperazine rings is 1. The Morgan fingerprint density at radius 1 is 0.970 bits per heavy atom. The van der Waals surface area contributed by atoms with Crippen molar-refractivity contribution in [1.82, 2.24) is 9.62 Å². The van der Waals surface area contributed by atoms with Gasteiger partial charge in [0.05, 0.1) is 24.7 Å². The molecule has 1 amide bonds. The van der Waals surface area contributed by atoms with Gasteiger partial charge in [0.1, 0.15) is 0 Å². The largest absolute Gasteiger partial charge is 0.490 e. The van der Waals surface area contributed by atoms with Gasteiger partial charge in [-0.3, -0.25) is 4.79 Å². The van der Waals surface area contributed by atoms with Gasteiger partial charge in [0, 0.05) is 50.0 Å². The summed E-state index contributed by atoms with van der Waals surface area (Å²) >= 11 is 0. The fraction of sp³-hybridized carbons (Fsp3) is 0.435. The maximum Gasteiger partial charge on any atom is 0.241 e. The molecule has 0 bridgehead atoms. The van der Waals surface area contributed by atoms with Gasteiger partial charge in [-0.2, -0.15) is 0 Å². The van der Waals surface area contributed by atoms with Gasteiger partial charge in [-0.15, -0.1) is 0 Å². The number of sulfonamides is 1. The number of likely N-dealkylation sites (N-methyl/N-ethyl adjacent to an activating group) is 1. The zero-order valence-electron chi connectivity index (χ0n) is 18.7. The highest BCUT2D eigenvalue weighted by Crippen LogP contribution is 2.31. The number of hydrogen-bond acceptors (Lipinski definition) is 7. The minimum Gasteiger partial charge on any atom is -0.490 e. The van der Waals surface area contributed by atoms with Crippen molar-refractivity contribution in [2.45, 2.75) is 18.2 Å². The van der Waals surface area contributed by atoms with Gasteiger partial charge < -0.3 is 24.6 Å². The van der Waals surface area contributed by atoms with Crippen LogP contribution < -0.4 is 24.4 Å². The molecule has 9 nitrogen and oxygen atoms in total. The highest BCUT2D eigenvalue weighted by molar-refractivity contribution is 7.89. The molecule has 178 valence electrons. The Morgan fingerprint density at radius 3 is 2.36 bits per heavy atom. The molecule has 0 saturated carbocycles. The lowest BCUT2D eigenvalue weighted by Gasteiger charge is -2.35. The lowest BCUT2D eigenvalue weighted by molar-refractivity contribution is -0.115. The molecule has 0 spiro atoms. The number of amides is 1. The van der Waals surface area contributed by atoms with Crippen LogP contribution in [-0.2, 0) is 14.8 Å². The second-order valence-corrected chi connectivity index (χ2v) is 9.77. The van der Waals surface area contributed by atoms with Crippen LogP contribution in [0.2, 0.25) is 0 Å². The standard InChI is InChI=1S/C23H30N4O5S/c1-2-26-10-12-27(13-11-26)19-6-4-18(5-7-19)25-23(28)17-24-33(29,30)20-8-9-21-22(16-20)32-15-3-14-31-21/h4-9,16,24H,2-3,10-15,17H2,1H3,(H,25,28). The summed E-state index contributed by atoms with van der Waals surface area (Å²) < 4.78 is 38.7. The van der Waals surface area contributed by atoms with E-state index in [4.69, 9.17) is 9.47 Å². The van der Waals surface area contributed by atoms with Crippen LogP contribution in [0.15, 0.2) is 47.4 Å². The highest BCUT2D eigenvalue weighted by Gasteiger charge is 2.20. The summed E-state index contributed by atoms with van der Waals surface area (Å²) in [6, 6.07) is 12.0. The van der Waals surface area contributed by atoms with Gasteiger partial charge in [-0.05, 0) is 42.9 Å². The summed E-state index contributed by atoms with van der Waals surface area (Å²) in [5, 5.41) is 2.73. The predicted molar refractivity (Wildman–Crippen MR) is 127 cm³/mol. The van der Waals surface area contributed by atoms with Crippen LogP contribution in [0.1, 0.15) is 13.3 Å². The van der Waals surface area contributed by atoms with Crippen molar-refractivity contribution >= 4 is 27.3 Å². The molecule has 2 aromatic carbocycles. The van der Waals surface area contributed by atoms with Gasteiger partial charge >= 0.3 is 0 Å². The topological polar surface area (TPSA) is 100 Å². The third kappa shape index (κ3) is 5.95. The molecule has 4 rings (SSSR count). The maximum atomic E-state index is 12.6. The Kier molecular flexibility index (Phi) is 7.36. The fourth-order valence-corrected chi connectivity index (χ4v) is 4.83. The minimum atomic E-state index is -3.88. The third-order valence-electron chi connectivity index (χ3n) is 5.79. The van der Waals surface area contributed by atoms with Crippen LogP contribution in [-0.4, -0.2) is 71.7 Å². The van der Waals surface area contributed by atoms with E-state index in [1.165, 1.54) is 12.1 Å². The lowest BCUT2D eigenvalue weighted by atomic mass is 10.2. The molecule has 1 saturated heterocycles. The molecule has 0 atom stereocenters. The van der Waals surface area contributed by atoms with Crippen molar-refractivity contribution in [1.29, 1.82) is 0 Å². The Morgan fingerprint density at radius 2 is 1.67 bits per heavy atom.